The maximum atomic E-state index is 12.7. The fraction of sp³-hybridized carbons (Fsp3) is 0.367. The third-order valence-electron chi connectivity index (χ3n) is 7.22. The Morgan fingerprint density at radius 3 is 2.51 bits per heavy atom. The Balaban J connectivity index is 1.36. The monoisotopic (exact) mass is 502 g/mol. The second-order valence-electron chi connectivity index (χ2n) is 9.77. The highest BCUT2D eigenvalue weighted by Crippen LogP contribution is 2.39. The second-order valence-corrected chi connectivity index (χ2v) is 9.77. The summed E-state index contributed by atoms with van der Waals surface area (Å²) < 4.78 is 12.9. The Labute approximate surface area is 217 Å². The molecular formula is C30H34N2O5. The maximum absolute atomic E-state index is 12.7. The minimum Gasteiger partial charge on any atom is -0.395 e. The van der Waals surface area contributed by atoms with Crippen molar-refractivity contribution in [3.05, 3.63) is 101 Å². The summed E-state index contributed by atoms with van der Waals surface area (Å²) in [5.74, 6) is -0.174. The van der Waals surface area contributed by atoms with Crippen molar-refractivity contribution in [1.82, 2.24) is 4.90 Å². The highest BCUT2D eigenvalue weighted by atomic mass is 16.7. The normalized spacial score (nSPS) is 24.2. The lowest BCUT2D eigenvalue weighted by molar-refractivity contribution is -0.253. The zero-order chi connectivity index (χ0) is 25.6. The summed E-state index contributed by atoms with van der Waals surface area (Å²) in [5.41, 5.74) is 3.98. The lowest BCUT2D eigenvalue weighted by Gasteiger charge is -2.38. The van der Waals surface area contributed by atoms with Gasteiger partial charge in [0.1, 0.15) is 0 Å². The van der Waals surface area contributed by atoms with Crippen molar-refractivity contribution < 1.29 is 24.5 Å². The number of nitrogens with zero attached hydrogens (tertiary/aromatic N) is 1. The smallest absolute Gasteiger partial charge is 0.255 e. The number of ether oxygens (including phenoxy) is 2. The molecule has 0 bridgehead atoms. The number of aliphatic hydroxyl groups excluding tert-OH is 2. The van der Waals surface area contributed by atoms with Crippen LogP contribution in [0.3, 0.4) is 0 Å². The van der Waals surface area contributed by atoms with Crippen molar-refractivity contribution >= 4 is 11.6 Å². The molecule has 194 valence electrons. The molecule has 0 aliphatic carbocycles. The molecule has 0 saturated carbocycles. The van der Waals surface area contributed by atoms with E-state index >= 15 is 0 Å². The van der Waals surface area contributed by atoms with E-state index in [4.69, 9.17) is 9.47 Å². The highest BCUT2D eigenvalue weighted by molar-refractivity contribution is 6.04. The summed E-state index contributed by atoms with van der Waals surface area (Å²) in [5, 5.41) is 22.2. The number of benzene rings is 3. The number of carbonyl (C=O) groups excluding carboxylic acids is 1. The molecule has 7 heteroatoms. The largest absolute Gasteiger partial charge is 0.395 e. The molecule has 4 atom stereocenters. The molecular weight excluding hydrogens is 468 g/mol. The molecule has 0 radical (unpaired) electrons. The van der Waals surface area contributed by atoms with Crippen molar-refractivity contribution in [2.24, 2.45) is 0 Å². The fourth-order valence-electron chi connectivity index (χ4n) is 5.19. The molecule has 37 heavy (non-hydrogen) atoms. The first-order valence-electron chi connectivity index (χ1n) is 12.9. The quantitative estimate of drug-likeness (QED) is 0.422. The molecule has 2 heterocycles. The molecule has 7 nitrogen and oxygen atoms in total. The average Bonchev–Trinajstić information content (AvgIpc) is 3.40. The van der Waals surface area contributed by atoms with Gasteiger partial charge < -0.3 is 25.0 Å². The van der Waals surface area contributed by atoms with Crippen molar-refractivity contribution in [2.45, 2.75) is 50.4 Å². The van der Waals surface area contributed by atoms with Gasteiger partial charge in [-0.05, 0) is 54.8 Å². The first-order valence-corrected chi connectivity index (χ1v) is 12.9. The van der Waals surface area contributed by atoms with E-state index in [9.17, 15) is 15.0 Å². The third-order valence-corrected chi connectivity index (χ3v) is 7.22. The average molecular weight is 503 g/mol. The van der Waals surface area contributed by atoms with Gasteiger partial charge in [-0.3, -0.25) is 9.69 Å². The summed E-state index contributed by atoms with van der Waals surface area (Å²) in [6, 6.07) is 24.7. The van der Waals surface area contributed by atoms with E-state index in [1.165, 1.54) is 0 Å². The van der Waals surface area contributed by atoms with Crippen LogP contribution in [0.4, 0.5) is 5.69 Å². The van der Waals surface area contributed by atoms with Gasteiger partial charge in [-0.2, -0.15) is 0 Å². The molecule has 2 aliphatic rings. The fourth-order valence-corrected chi connectivity index (χ4v) is 5.19. The number of likely N-dealkylation sites (tertiary alicyclic amines) is 1. The first kappa shape index (κ1) is 25.6. The topological polar surface area (TPSA) is 91.3 Å². The first-order chi connectivity index (χ1) is 18.1. The SMILES string of the molecule is O=C(Nc1cccc([C@@H]2O[C@H](CN3CCC[C@H]3CO)C[C@H](c3ccc(CO)cc3)O2)c1)c1ccccc1. The molecule has 3 N–H and O–H groups in total. The van der Waals surface area contributed by atoms with Crippen LogP contribution in [0.1, 0.15) is 58.7 Å². The zero-order valence-corrected chi connectivity index (χ0v) is 20.8. The van der Waals surface area contributed by atoms with E-state index in [0.29, 0.717) is 17.7 Å². The number of amides is 1. The predicted octanol–water partition coefficient (Wildman–Crippen LogP) is 4.43. The molecule has 0 unspecified atom stereocenters. The molecule has 1 amide bonds. The Kier molecular flexibility index (Phi) is 8.28. The van der Waals surface area contributed by atoms with Crippen LogP contribution < -0.4 is 5.32 Å². The van der Waals surface area contributed by atoms with Crippen LogP contribution >= 0.6 is 0 Å². The van der Waals surface area contributed by atoms with Crippen molar-refractivity contribution in [2.75, 3.05) is 25.0 Å². The van der Waals surface area contributed by atoms with Gasteiger partial charge in [-0.1, -0.05) is 54.6 Å². The van der Waals surface area contributed by atoms with Crippen LogP contribution in [0.15, 0.2) is 78.9 Å². The maximum Gasteiger partial charge on any atom is 0.255 e. The van der Waals surface area contributed by atoms with E-state index in [1.54, 1.807) is 12.1 Å². The zero-order valence-electron chi connectivity index (χ0n) is 20.8. The van der Waals surface area contributed by atoms with Crippen molar-refractivity contribution in [3.63, 3.8) is 0 Å². The number of hydrogen-bond acceptors (Lipinski definition) is 6. The van der Waals surface area contributed by atoms with Gasteiger partial charge in [-0.25, -0.2) is 0 Å². The van der Waals surface area contributed by atoms with Crippen LogP contribution in [0.2, 0.25) is 0 Å². The van der Waals surface area contributed by atoms with Gasteiger partial charge in [0.2, 0.25) is 0 Å². The van der Waals surface area contributed by atoms with Gasteiger partial charge in [0.05, 0.1) is 25.4 Å². The van der Waals surface area contributed by atoms with Gasteiger partial charge in [0, 0.05) is 35.8 Å². The van der Waals surface area contributed by atoms with Crippen molar-refractivity contribution in [1.29, 1.82) is 0 Å². The molecule has 2 aliphatic heterocycles. The van der Waals surface area contributed by atoms with Crippen LogP contribution in [-0.4, -0.2) is 52.9 Å². The summed E-state index contributed by atoms with van der Waals surface area (Å²) in [4.78, 5) is 15.0. The number of hydrogen-bond donors (Lipinski definition) is 3. The van der Waals surface area contributed by atoms with Crippen molar-refractivity contribution in [3.8, 4) is 0 Å². The molecule has 2 fully saturated rings. The Bertz CT molecular complexity index is 1170. The van der Waals surface area contributed by atoms with Gasteiger partial charge >= 0.3 is 0 Å². The minimum atomic E-state index is -0.606. The third kappa shape index (κ3) is 6.26. The minimum absolute atomic E-state index is 0.000826. The van der Waals surface area contributed by atoms with Crippen LogP contribution in [0.25, 0.3) is 0 Å². The molecule has 0 aromatic heterocycles. The molecule has 3 aromatic rings. The Morgan fingerprint density at radius 2 is 1.76 bits per heavy atom. The van der Waals surface area contributed by atoms with E-state index in [1.807, 2.05) is 66.7 Å². The standard InChI is InChI=1S/C30H34N2O5/c33-19-21-11-13-22(14-12-21)28-17-27(18-32-15-5-10-26(32)20-34)36-30(37-28)24-8-4-9-25(16-24)31-29(35)23-6-2-1-3-7-23/h1-4,6-9,11-14,16,26-28,30,33-34H,5,10,15,17-20H2,(H,31,35)/t26-,27-,28+,30+/m0/s1. The van der Waals surface area contributed by atoms with E-state index in [-0.39, 0.29) is 37.4 Å². The molecule has 0 spiro atoms. The van der Waals surface area contributed by atoms with E-state index in [0.717, 1.165) is 42.6 Å². The number of rotatable bonds is 8. The van der Waals surface area contributed by atoms with Crippen LogP contribution in [-0.2, 0) is 16.1 Å². The molecule has 3 aromatic carbocycles. The van der Waals surface area contributed by atoms with Gasteiger partial charge in [-0.15, -0.1) is 0 Å². The Morgan fingerprint density at radius 1 is 0.946 bits per heavy atom. The summed E-state index contributed by atoms with van der Waals surface area (Å²) >= 11 is 0. The second kappa shape index (κ2) is 12.0. The van der Waals surface area contributed by atoms with E-state index < -0.39 is 6.29 Å². The molecule has 5 rings (SSSR count). The summed E-state index contributed by atoms with van der Waals surface area (Å²) in [6.07, 6.45) is 1.88. The summed E-state index contributed by atoms with van der Waals surface area (Å²) in [7, 11) is 0. The molecule has 2 saturated heterocycles. The summed E-state index contributed by atoms with van der Waals surface area (Å²) in [6.45, 7) is 1.83. The predicted molar refractivity (Wildman–Crippen MR) is 141 cm³/mol. The number of aliphatic hydroxyl groups is 2. The van der Waals surface area contributed by atoms with E-state index in [2.05, 4.69) is 10.2 Å². The van der Waals surface area contributed by atoms with Crippen LogP contribution in [0.5, 0.6) is 0 Å². The number of carbonyl (C=O) groups is 1. The number of nitrogens with one attached hydrogen (secondary N) is 1. The Hall–Kier alpha value is -3.07. The van der Waals surface area contributed by atoms with Gasteiger partial charge in [0.25, 0.3) is 5.91 Å². The van der Waals surface area contributed by atoms with Crippen LogP contribution in [0, 0.1) is 0 Å². The lowest BCUT2D eigenvalue weighted by Crippen LogP contribution is -2.42. The highest BCUT2D eigenvalue weighted by Gasteiger charge is 2.35. The van der Waals surface area contributed by atoms with Gasteiger partial charge in [0.15, 0.2) is 6.29 Å². The number of anilines is 1. The lowest BCUT2D eigenvalue weighted by atomic mass is 9.99.